The van der Waals surface area contributed by atoms with Crippen molar-refractivity contribution in [1.29, 1.82) is 0 Å². The van der Waals surface area contributed by atoms with Crippen LogP contribution in [0.3, 0.4) is 0 Å². The van der Waals surface area contributed by atoms with E-state index in [-0.39, 0.29) is 0 Å². The Kier molecular flexibility index (Phi) is 5.77. The lowest BCUT2D eigenvalue weighted by molar-refractivity contribution is 0.395. The van der Waals surface area contributed by atoms with Crippen molar-refractivity contribution >= 4 is 23.1 Å². The van der Waals surface area contributed by atoms with Gasteiger partial charge >= 0.3 is 0 Å². The van der Waals surface area contributed by atoms with Crippen molar-refractivity contribution in [1.82, 2.24) is 24.7 Å². The summed E-state index contributed by atoms with van der Waals surface area (Å²) in [6.07, 6.45) is 3.53. The molecule has 4 aromatic rings. The lowest BCUT2D eigenvalue weighted by atomic mass is 10.2. The number of thioether (sulfide) groups is 1. The van der Waals surface area contributed by atoms with Crippen molar-refractivity contribution in [2.75, 3.05) is 14.2 Å². The van der Waals surface area contributed by atoms with E-state index >= 15 is 0 Å². The fourth-order valence-electron chi connectivity index (χ4n) is 2.80. The maximum Gasteiger partial charge on any atom is 0.191 e. The highest BCUT2D eigenvalue weighted by Crippen LogP contribution is 2.36. The molecule has 1 aromatic carbocycles. The summed E-state index contributed by atoms with van der Waals surface area (Å²) in [6.45, 7) is 0. The van der Waals surface area contributed by atoms with Gasteiger partial charge in [-0.15, -0.1) is 21.5 Å². The normalized spacial score (nSPS) is 10.9. The number of hydrogen-bond acceptors (Lipinski definition) is 8. The quantitative estimate of drug-likeness (QED) is 0.408. The third-order valence-electron chi connectivity index (χ3n) is 4.29. The first-order chi connectivity index (χ1) is 14.2. The molecule has 0 saturated heterocycles. The molecule has 3 aromatic heterocycles. The molecule has 0 atom stereocenters. The lowest BCUT2D eigenvalue weighted by Crippen LogP contribution is -1.95. The third kappa shape index (κ3) is 4.10. The Bertz CT molecular complexity index is 1110. The van der Waals surface area contributed by atoms with E-state index in [9.17, 15) is 0 Å². The number of rotatable bonds is 7. The van der Waals surface area contributed by atoms with Gasteiger partial charge in [-0.05, 0) is 24.3 Å². The van der Waals surface area contributed by atoms with Crippen LogP contribution in [0.2, 0.25) is 0 Å². The Balaban J connectivity index is 1.49. The van der Waals surface area contributed by atoms with E-state index in [4.69, 9.17) is 14.5 Å². The van der Waals surface area contributed by atoms with Gasteiger partial charge in [0.2, 0.25) is 0 Å². The second kappa shape index (κ2) is 8.62. The number of pyridine rings is 1. The predicted molar refractivity (Wildman–Crippen MR) is 114 cm³/mol. The van der Waals surface area contributed by atoms with Crippen molar-refractivity contribution in [2.45, 2.75) is 10.9 Å². The molecule has 29 heavy (non-hydrogen) atoms. The monoisotopic (exact) mass is 425 g/mol. The fourth-order valence-corrected chi connectivity index (χ4v) is 4.56. The molecular weight excluding hydrogens is 406 g/mol. The van der Waals surface area contributed by atoms with E-state index in [1.54, 1.807) is 49.7 Å². The highest BCUT2D eigenvalue weighted by molar-refractivity contribution is 7.98. The zero-order valence-corrected chi connectivity index (χ0v) is 17.8. The Morgan fingerprint density at radius 2 is 2.03 bits per heavy atom. The SMILES string of the molecule is COc1ccc(-c2nc(CSc3nnc(-c4cccnc4)n3C)cs2)c(OC)c1. The van der Waals surface area contributed by atoms with Gasteiger partial charge in [-0.1, -0.05) is 11.8 Å². The molecule has 0 saturated carbocycles. The van der Waals surface area contributed by atoms with E-state index in [2.05, 4.69) is 20.6 Å². The number of methoxy groups -OCH3 is 2. The molecule has 4 rings (SSSR count). The Hall–Kier alpha value is -2.91. The molecule has 0 aliphatic carbocycles. The van der Waals surface area contributed by atoms with E-state index in [0.29, 0.717) is 5.75 Å². The maximum atomic E-state index is 5.50. The van der Waals surface area contributed by atoms with E-state index < -0.39 is 0 Å². The lowest BCUT2D eigenvalue weighted by Gasteiger charge is -2.08. The number of aromatic nitrogens is 5. The van der Waals surface area contributed by atoms with Crippen LogP contribution in [-0.2, 0) is 12.8 Å². The Morgan fingerprint density at radius 3 is 2.79 bits per heavy atom. The standard InChI is InChI=1S/C20H19N5O2S2/c1-25-18(13-5-4-8-21-10-13)23-24-20(25)29-12-14-11-28-19(22-14)16-7-6-15(26-2)9-17(16)27-3/h4-11H,12H2,1-3H3. The van der Waals surface area contributed by atoms with Crippen molar-refractivity contribution in [3.05, 3.63) is 53.8 Å². The highest BCUT2D eigenvalue weighted by atomic mass is 32.2. The molecule has 3 heterocycles. The number of hydrogen-bond donors (Lipinski definition) is 0. The van der Waals surface area contributed by atoms with Gasteiger partial charge < -0.3 is 14.0 Å². The average Bonchev–Trinajstić information content (AvgIpc) is 3.39. The Morgan fingerprint density at radius 1 is 1.14 bits per heavy atom. The summed E-state index contributed by atoms with van der Waals surface area (Å²) in [4.78, 5) is 8.91. The molecule has 0 spiro atoms. The van der Waals surface area contributed by atoms with Crippen LogP contribution in [0, 0.1) is 0 Å². The van der Waals surface area contributed by atoms with Crippen LogP contribution in [0.15, 0.2) is 53.3 Å². The van der Waals surface area contributed by atoms with Crippen LogP contribution >= 0.6 is 23.1 Å². The summed E-state index contributed by atoms with van der Waals surface area (Å²) in [5, 5.41) is 12.4. The van der Waals surface area contributed by atoms with Crippen LogP contribution in [0.1, 0.15) is 5.69 Å². The molecule has 0 unspecified atom stereocenters. The summed E-state index contributed by atoms with van der Waals surface area (Å²) in [7, 11) is 5.25. The van der Waals surface area contributed by atoms with Gasteiger partial charge in [-0.2, -0.15) is 0 Å². The summed E-state index contributed by atoms with van der Waals surface area (Å²) in [5.74, 6) is 2.99. The zero-order valence-electron chi connectivity index (χ0n) is 16.2. The molecule has 0 aliphatic rings. The Labute approximate surface area is 176 Å². The molecule has 0 fully saturated rings. The summed E-state index contributed by atoms with van der Waals surface area (Å²) >= 11 is 3.19. The summed E-state index contributed by atoms with van der Waals surface area (Å²) < 4.78 is 12.7. The van der Waals surface area contributed by atoms with Crippen LogP contribution in [-0.4, -0.2) is 39.0 Å². The molecule has 9 heteroatoms. The van der Waals surface area contributed by atoms with Gasteiger partial charge in [-0.25, -0.2) is 4.98 Å². The van der Waals surface area contributed by atoms with Gasteiger partial charge in [0, 0.05) is 42.2 Å². The largest absolute Gasteiger partial charge is 0.497 e. The van der Waals surface area contributed by atoms with E-state index in [1.807, 2.05) is 41.9 Å². The van der Waals surface area contributed by atoms with Gasteiger partial charge in [-0.3, -0.25) is 4.98 Å². The van der Waals surface area contributed by atoms with Gasteiger partial charge in [0.25, 0.3) is 0 Å². The number of benzene rings is 1. The number of nitrogens with zero attached hydrogens (tertiary/aromatic N) is 5. The molecule has 0 radical (unpaired) electrons. The molecule has 7 nitrogen and oxygen atoms in total. The first-order valence-corrected chi connectivity index (χ1v) is 10.7. The zero-order chi connectivity index (χ0) is 20.2. The minimum Gasteiger partial charge on any atom is -0.497 e. The number of thiazole rings is 1. The summed E-state index contributed by atoms with van der Waals surface area (Å²) in [6, 6.07) is 9.61. The van der Waals surface area contributed by atoms with Gasteiger partial charge in [0.1, 0.15) is 16.5 Å². The van der Waals surface area contributed by atoms with Crippen molar-refractivity contribution in [3.63, 3.8) is 0 Å². The second-order valence-corrected chi connectivity index (χ2v) is 7.91. The van der Waals surface area contributed by atoms with Crippen LogP contribution < -0.4 is 9.47 Å². The smallest absolute Gasteiger partial charge is 0.191 e. The molecule has 0 amide bonds. The molecular formula is C20H19N5O2S2. The molecule has 148 valence electrons. The first kappa shape index (κ1) is 19.4. The third-order valence-corrected chi connectivity index (χ3v) is 6.27. The molecule has 0 N–H and O–H groups in total. The second-order valence-electron chi connectivity index (χ2n) is 6.11. The van der Waals surface area contributed by atoms with E-state index in [1.165, 1.54) is 0 Å². The van der Waals surface area contributed by atoms with E-state index in [0.717, 1.165) is 44.3 Å². The average molecular weight is 426 g/mol. The van der Waals surface area contributed by atoms with Crippen LogP contribution in [0.4, 0.5) is 0 Å². The minimum atomic E-state index is 0.702. The van der Waals surface area contributed by atoms with Crippen LogP contribution in [0.5, 0.6) is 11.5 Å². The van der Waals surface area contributed by atoms with Gasteiger partial charge in [0.05, 0.1) is 25.5 Å². The number of ether oxygens (including phenoxy) is 2. The minimum absolute atomic E-state index is 0.702. The van der Waals surface area contributed by atoms with Gasteiger partial charge in [0.15, 0.2) is 11.0 Å². The first-order valence-electron chi connectivity index (χ1n) is 8.79. The molecule has 0 bridgehead atoms. The van der Waals surface area contributed by atoms with Crippen LogP contribution in [0.25, 0.3) is 22.0 Å². The fraction of sp³-hybridized carbons (Fsp3) is 0.200. The highest BCUT2D eigenvalue weighted by Gasteiger charge is 2.14. The molecule has 0 aliphatic heterocycles. The summed E-state index contributed by atoms with van der Waals surface area (Å²) in [5.41, 5.74) is 2.88. The topological polar surface area (TPSA) is 75.0 Å². The van der Waals surface area contributed by atoms with Crippen molar-refractivity contribution < 1.29 is 9.47 Å². The predicted octanol–water partition coefficient (Wildman–Crippen LogP) is 4.31. The maximum absolute atomic E-state index is 5.50. The van der Waals surface area contributed by atoms with Crippen molar-refractivity contribution in [2.24, 2.45) is 7.05 Å². The van der Waals surface area contributed by atoms with Crippen molar-refractivity contribution in [3.8, 4) is 33.5 Å².